The Kier molecular flexibility index (Phi) is 2.29. The largest absolute Gasteiger partial charge is 0.464 e. The number of nitrogens with one attached hydrogen (secondary N) is 1. The quantitative estimate of drug-likeness (QED) is 0.715. The number of piperazine rings is 1. The molecular formula is C10H14N2O2. The molecule has 1 aliphatic rings. The summed E-state index contributed by atoms with van der Waals surface area (Å²) >= 11 is 0. The van der Waals surface area contributed by atoms with E-state index >= 15 is 0 Å². The van der Waals surface area contributed by atoms with Gasteiger partial charge < -0.3 is 14.6 Å². The number of furan rings is 1. The van der Waals surface area contributed by atoms with Crippen molar-refractivity contribution in [3.05, 3.63) is 23.7 Å². The first kappa shape index (κ1) is 9.27. The van der Waals surface area contributed by atoms with Gasteiger partial charge in [-0.15, -0.1) is 0 Å². The van der Waals surface area contributed by atoms with E-state index in [4.69, 9.17) is 4.42 Å². The van der Waals surface area contributed by atoms with E-state index in [-0.39, 0.29) is 11.9 Å². The minimum atomic E-state index is 0.0324. The highest BCUT2D eigenvalue weighted by atomic mass is 16.3. The number of rotatable bonds is 1. The summed E-state index contributed by atoms with van der Waals surface area (Å²) in [5.41, 5.74) is 0. The van der Waals surface area contributed by atoms with E-state index in [0.717, 1.165) is 18.1 Å². The van der Waals surface area contributed by atoms with Gasteiger partial charge in [-0.1, -0.05) is 0 Å². The van der Waals surface area contributed by atoms with Crippen molar-refractivity contribution in [2.75, 3.05) is 20.1 Å². The Hall–Kier alpha value is -1.29. The molecule has 1 atom stereocenters. The Labute approximate surface area is 82.9 Å². The summed E-state index contributed by atoms with van der Waals surface area (Å²) in [6, 6.07) is 3.88. The van der Waals surface area contributed by atoms with Crippen LogP contribution in [0, 0.1) is 6.92 Å². The molecule has 14 heavy (non-hydrogen) atoms. The standard InChI is InChI=1S/C10H14N2O2/c1-7-3-4-9(14-7)8-5-11-6-10(13)12(8)2/h3-4,8,11H,5-6H2,1-2H3. The van der Waals surface area contributed by atoms with Crippen LogP contribution in [0.1, 0.15) is 17.6 Å². The predicted molar refractivity (Wildman–Crippen MR) is 51.8 cm³/mol. The molecule has 2 heterocycles. The average molecular weight is 194 g/mol. The minimum Gasteiger partial charge on any atom is -0.464 e. The van der Waals surface area contributed by atoms with Gasteiger partial charge in [0.2, 0.25) is 5.91 Å². The molecule has 1 aliphatic heterocycles. The molecule has 76 valence electrons. The first-order valence-corrected chi connectivity index (χ1v) is 4.71. The summed E-state index contributed by atoms with van der Waals surface area (Å²) in [5, 5.41) is 3.07. The summed E-state index contributed by atoms with van der Waals surface area (Å²) in [6.07, 6.45) is 0. The number of likely N-dealkylation sites (N-methyl/N-ethyl adjacent to an activating group) is 1. The summed E-state index contributed by atoms with van der Waals surface area (Å²) in [4.78, 5) is 13.1. The van der Waals surface area contributed by atoms with Crippen LogP contribution in [0.5, 0.6) is 0 Å². The van der Waals surface area contributed by atoms with Gasteiger partial charge in [0.25, 0.3) is 0 Å². The van der Waals surface area contributed by atoms with E-state index in [9.17, 15) is 4.79 Å². The summed E-state index contributed by atoms with van der Waals surface area (Å²) in [7, 11) is 1.81. The van der Waals surface area contributed by atoms with Crippen molar-refractivity contribution in [2.45, 2.75) is 13.0 Å². The molecule has 2 rings (SSSR count). The van der Waals surface area contributed by atoms with Crippen molar-refractivity contribution < 1.29 is 9.21 Å². The van der Waals surface area contributed by atoms with E-state index < -0.39 is 0 Å². The molecule has 0 saturated carbocycles. The molecule has 0 aliphatic carbocycles. The molecule has 1 amide bonds. The number of hydrogen-bond donors (Lipinski definition) is 1. The zero-order chi connectivity index (χ0) is 10.1. The lowest BCUT2D eigenvalue weighted by Crippen LogP contribution is -2.47. The zero-order valence-electron chi connectivity index (χ0n) is 8.41. The lowest BCUT2D eigenvalue weighted by Gasteiger charge is -2.31. The van der Waals surface area contributed by atoms with Crippen LogP contribution >= 0.6 is 0 Å². The molecule has 1 aromatic rings. The van der Waals surface area contributed by atoms with Crippen molar-refractivity contribution in [1.29, 1.82) is 0 Å². The fraction of sp³-hybridized carbons (Fsp3) is 0.500. The lowest BCUT2D eigenvalue weighted by molar-refractivity contribution is -0.133. The number of nitrogens with zero attached hydrogens (tertiary/aromatic N) is 1. The maximum atomic E-state index is 11.4. The SMILES string of the molecule is Cc1ccc(C2CNCC(=O)N2C)o1. The topological polar surface area (TPSA) is 45.5 Å². The predicted octanol–water partition coefficient (Wildman–Crippen LogP) is 0.691. The Morgan fingerprint density at radius 1 is 1.57 bits per heavy atom. The minimum absolute atomic E-state index is 0.0324. The van der Waals surface area contributed by atoms with Crippen molar-refractivity contribution >= 4 is 5.91 Å². The smallest absolute Gasteiger partial charge is 0.236 e. The Morgan fingerprint density at radius 3 is 3.00 bits per heavy atom. The molecule has 4 nitrogen and oxygen atoms in total. The van der Waals surface area contributed by atoms with Gasteiger partial charge in [-0.2, -0.15) is 0 Å². The van der Waals surface area contributed by atoms with Gasteiger partial charge in [0.05, 0.1) is 6.54 Å². The maximum Gasteiger partial charge on any atom is 0.236 e. The third kappa shape index (κ3) is 1.53. The summed E-state index contributed by atoms with van der Waals surface area (Å²) in [5.74, 6) is 1.84. The second kappa shape index (κ2) is 3.46. The second-order valence-corrected chi connectivity index (χ2v) is 3.60. The highest BCUT2D eigenvalue weighted by Crippen LogP contribution is 2.22. The molecule has 0 aromatic carbocycles. The number of carbonyl (C=O) groups excluding carboxylic acids is 1. The maximum absolute atomic E-state index is 11.4. The van der Waals surface area contributed by atoms with Gasteiger partial charge in [0, 0.05) is 13.6 Å². The Bertz CT molecular complexity index is 346. The average Bonchev–Trinajstić information content (AvgIpc) is 2.57. The molecule has 0 spiro atoms. The fourth-order valence-corrected chi connectivity index (χ4v) is 1.68. The van der Waals surface area contributed by atoms with Crippen molar-refractivity contribution in [2.24, 2.45) is 0 Å². The van der Waals surface area contributed by atoms with E-state index in [2.05, 4.69) is 5.32 Å². The van der Waals surface area contributed by atoms with Gasteiger partial charge in [-0.05, 0) is 19.1 Å². The normalized spacial score (nSPS) is 22.9. The number of hydrogen-bond acceptors (Lipinski definition) is 3. The van der Waals surface area contributed by atoms with Crippen LogP contribution in [-0.2, 0) is 4.79 Å². The molecule has 1 saturated heterocycles. The molecule has 1 N–H and O–H groups in total. The summed E-state index contributed by atoms with van der Waals surface area (Å²) in [6.45, 7) is 3.09. The van der Waals surface area contributed by atoms with Crippen LogP contribution in [0.15, 0.2) is 16.5 Å². The first-order chi connectivity index (χ1) is 6.68. The molecule has 1 unspecified atom stereocenters. The van der Waals surface area contributed by atoms with Gasteiger partial charge in [0.15, 0.2) is 0 Å². The van der Waals surface area contributed by atoms with Crippen LogP contribution in [0.3, 0.4) is 0 Å². The van der Waals surface area contributed by atoms with Crippen LogP contribution in [0.2, 0.25) is 0 Å². The van der Waals surface area contributed by atoms with E-state index in [1.54, 1.807) is 4.90 Å². The first-order valence-electron chi connectivity index (χ1n) is 4.71. The highest BCUT2D eigenvalue weighted by molar-refractivity contribution is 5.79. The molecule has 1 fully saturated rings. The number of aryl methyl sites for hydroxylation is 1. The molecule has 1 aromatic heterocycles. The van der Waals surface area contributed by atoms with Gasteiger partial charge in [-0.3, -0.25) is 4.79 Å². The third-order valence-corrected chi connectivity index (χ3v) is 2.56. The lowest BCUT2D eigenvalue weighted by atomic mass is 10.1. The van der Waals surface area contributed by atoms with Crippen molar-refractivity contribution in [3.8, 4) is 0 Å². The second-order valence-electron chi connectivity index (χ2n) is 3.60. The van der Waals surface area contributed by atoms with E-state index in [0.29, 0.717) is 6.54 Å². The van der Waals surface area contributed by atoms with Gasteiger partial charge in [-0.25, -0.2) is 0 Å². The molecule has 0 bridgehead atoms. The fourth-order valence-electron chi connectivity index (χ4n) is 1.68. The monoisotopic (exact) mass is 194 g/mol. The summed E-state index contributed by atoms with van der Waals surface area (Å²) < 4.78 is 5.51. The van der Waals surface area contributed by atoms with Crippen LogP contribution in [0.4, 0.5) is 0 Å². The third-order valence-electron chi connectivity index (χ3n) is 2.56. The van der Waals surface area contributed by atoms with Crippen molar-refractivity contribution in [3.63, 3.8) is 0 Å². The van der Waals surface area contributed by atoms with Crippen LogP contribution in [0.25, 0.3) is 0 Å². The van der Waals surface area contributed by atoms with Gasteiger partial charge >= 0.3 is 0 Å². The Balaban J connectivity index is 2.21. The molecular weight excluding hydrogens is 180 g/mol. The van der Waals surface area contributed by atoms with E-state index in [1.165, 1.54) is 0 Å². The van der Waals surface area contributed by atoms with Crippen LogP contribution < -0.4 is 5.32 Å². The van der Waals surface area contributed by atoms with Crippen molar-refractivity contribution in [1.82, 2.24) is 10.2 Å². The van der Waals surface area contributed by atoms with E-state index in [1.807, 2.05) is 26.1 Å². The van der Waals surface area contributed by atoms with Crippen LogP contribution in [-0.4, -0.2) is 30.9 Å². The molecule has 4 heteroatoms. The highest BCUT2D eigenvalue weighted by Gasteiger charge is 2.27. The van der Waals surface area contributed by atoms with Gasteiger partial charge in [0.1, 0.15) is 17.6 Å². The zero-order valence-corrected chi connectivity index (χ0v) is 8.41. The molecule has 0 radical (unpaired) electrons. The Morgan fingerprint density at radius 2 is 2.36 bits per heavy atom. The number of carbonyl (C=O) groups is 1. The number of amides is 1.